The van der Waals surface area contributed by atoms with Crippen LogP contribution in [0.2, 0.25) is 20.1 Å². The molecule has 1 rings (SSSR count). The van der Waals surface area contributed by atoms with Crippen LogP contribution in [0, 0.1) is 5.92 Å². The van der Waals surface area contributed by atoms with Gasteiger partial charge >= 0.3 is 0 Å². The number of rotatable bonds is 4. The third-order valence-electron chi connectivity index (χ3n) is 2.91. The summed E-state index contributed by atoms with van der Waals surface area (Å²) in [4.78, 5) is 0. The maximum atomic E-state index is 6.17. The second-order valence-electron chi connectivity index (χ2n) is 3.90. The van der Waals surface area contributed by atoms with Crippen molar-refractivity contribution >= 4 is 46.4 Å². The molecular weight excluding hydrogens is 302 g/mol. The molecule has 4 N–H and O–H groups in total. The van der Waals surface area contributed by atoms with Crippen LogP contribution in [-0.4, -0.2) is 13.1 Å². The van der Waals surface area contributed by atoms with Crippen LogP contribution in [0.4, 0.5) is 0 Å². The van der Waals surface area contributed by atoms with Crippen molar-refractivity contribution in [3.05, 3.63) is 31.7 Å². The van der Waals surface area contributed by atoms with E-state index < -0.39 is 0 Å². The highest BCUT2D eigenvalue weighted by atomic mass is 35.5. The normalized spacial score (nSPS) is 13.2. The first-order chi connectivity index (χ1) is 7.93. The van der Waals surface area contributed by atoms with Crippen LogP contribution in [-0.2, 0) is 0 Å². The predicted molar refractivity (Wildman–Crippen MR) is 76.5 cm³/mol. The van der Waals surface area contributed by atoms with Crippen molar-refractivity contribution in [1.29, 1.82) is 0 Å². The number of halogens is 4. The SMILES string of the molecule is CC(c1c(Cl)c(Cl)cc(Cl)c1Cl)C(CN)CN. The average molecular weight is 316 g/mol. The molecule has 0 fully saturated rings. The van der Waals surface area contributed by atoms with E-state index in [1.54, 1.807) is 0 Å². The minimum Gasteiger partial charge on any atom is -0.330 e. The molecule has 6 heteroatoms. The summed E-state index contributed by atoms with van der Waals surface area (Å²) in [7, 11) is 0. The zero-order valence-corrected chi connectivity index (χ0v) is 12.3. The van der Waals surface area contributed by atoms with Crippen molar-refractivity contribution in [2.24, 2.45) is 17.4 Å². The number of benzene rings is 1. The van der Waals surface area contributed by atoms with Crippen molar-refractivity contribution in [3.63, 3.8) is 0 Å². The lowest BCUT2D eigenvalue weighted by atomic mass is 9.87. The van der Waals surface area contributed by atoms with Crippen molar-refractivity contribution < 1.29 is 0 Å². The van der Waals surface area contributed by atoms with E-state index in [0.29, 0.717) is 38.7 Å². The molecular formula is C11H14Cl4N2. The molecule has 0 heterocycles. The molecule has 1 aromatic carbocycles. The highest BCUT2D eigenvalue weighted by Crippen LogP contribution is 2.42. The van der Waals surface area contributed by atoms with Gasteiger partial charge in [-0.1, -0.05) is 53.3 Å². The number of nitrogens with two attached hydrogens (primary N) is 2. The molecule has 0 saturated heterocycles. The van der Waals surface area contributed by atoms with Crippen LogP contribution in [0.3, 0.4) is 0 Å². The molecule has 96 valence electrons. The fraction of sp³-hybridized carbons (Fsp3) is 0.455. The van der Waals surface area contributed by atoms with Crippen LogP contribution in [0.1, 0.15) is 18.4 Å². The van der Waals surface area contributed by atoms with Gasteiger partial charge in [-0.25, -0.2) is 0 Å². The van der Waals surface area contributed by atoms with E-state index in [1.165, 1.54) is 6.07 Å². The molecule has 0 amide bonds. The lowest BCUT2D eigenvalue weighted by Gasteiger charge is -2.24. The second-order valence-corrected chi connectivity index (χ2v) is 5.47. The first-order valence-electron chi connectivity index (χ1n) is 5.17. The smallest absolute Gasteiger partial charge is 0.0643 e. The Morgan fingerprint density at radius 1 is 1.00 bits per heavy atom. The van der Waals surface area contributed by atoms with Crippen LogP contribution in [0.15, 0.2) is 6.07 Å². The van der Waals surface area contributed by atoms with Gasteiger partial charge in [-0.2, -0.15) is 0 Å². The van der Waals surface area contributed by atoms with E-state index in [2.05, 4.69) is 0 Å². The molecule has 0 aliphatic carbocycles. The molecule has 0 bridgehead atoms. The van der Waals surface area contributed by atoms with Crippen LogP contribution < -0.4 is 11.5 Å². The van der Waals surface area contributed by atoms with Gasteiger partial charge in [-0.3, -0.25) is 0 Å². The van der Waals surface area contributed by atoms with Crippen LogP contribution in [0.5, 0.6) is 0 Å². The Bertz CT molecular complexity index is 379. The van der Waals surface area contributed by atoms with Crippen molar-refractivity contribution in [1.82, 2.24) is 0 Å². The lowest BCUT2D eigenvalue weighted by Crippen LogP contribution is -2.28. The number of hydrogen-bond acceptors (Lipinski definition) is 2. The summed E-state index contributed by atoms with van der Waals surface area (Å²) in [6, 6.07) is 1.53. The monoisotopic (exact) mass is 314 g/mol. The zero-order valence-electron chi connectivity index (χ0n) is 9.31. The summed E-state index contributed by atoms with van der Waals surface area (Å²) in [5, 5.41) is 1.60. The third kappa shape index (κ3) is 3.19. The second kappa shape index (κ2) is 6.46. The summed E-state index contributed by atoms with van der Waals surface area (Å²) in [5.41, 5.74) is 12.0. The summed E-state index contributed by atoms with van der Waals surface area (Å²) in [6.07, 6.45) is 0. The van der Waals surface area contributed by atoms with Crippen molar-refractivity contribution in [2.45, 2.75) is 12.8 Å². The van der Waals surface area contributed by atoms with Gasteiger partial charge < -0.3 is 11.5 Å². The Balaban J connectivity index is 3.29. The van der Waals surface area contributed by atoms with Gasteiger partial charge in [-0.05, 0) is 36.6 Å². The van der Waals surface area contributed by atoms with Crippen LogP contribution in [0.25, 0.3) is 0 Å². The Hall–Kier alpha value is 0.300. The standard InChI is InChI=1S/C11H14Cl4N2/c1-5(6(3-16)4-17)9-10(14)7(12)2-8(13)11(9)15/h2,5-6H,3-4,16-17H2,1H3. The van der Waals surface area contributed by atoms with E-state index in [-0.39, 0.29) is 11.8 Å². The summed E-state index contributed by atoms with van der Waals surface area (Å²) in [6.45, 7) is 2.87. The van der Waals surface area contributed by atoms with Gasteiger partial charge in [-0.15, -0.1) is 0 Å². The van der Waals surface area contributed by atoms with Crippen molar-refractivity contribution in [3.8, 4) is 0 Å². The van der Waals surface area contributed by atoms with Gasteiger partial charge in [0.2, 0.25) is 0 Å². The Kier molecular flexibility index (Phi) is 5.84. The van der Waals surface area contributed by atoms with E-state index in [0.717, 1.165) is 0 Å². The molecule has 0 spiro atoms. The maximum absolute atomic E-state index is 6.17. The van der Waals surface area contributed by atoms with Crippen molar-refractivity contribution in [2.75, 3.05) is 13.1 Å². The molecule has 2 nitrogen and oxygen atoms in total. The molecule has 1 unspecified atom stereocenters. The molecule has 0 aliphatic rings. The summed E-state index contributed by atoms with van der Waals surface area (Å²) >= 11 is 24.3. The molecule has 17 heavy (non-hydrogen) atoms. The fourth-order valence-corrected chi connectivity index (χ4v) is 2.90. The van der Waals surface area contributed by atoms with E-state index in [4.69, 9.17) is 57.9 Å². The lowest BCUT2D eigenvalue weighted by molar-refractivity contribution is 0.467. The van der Waals surface area contributed by atoms with Gasteiger partial charge in [0.15, 0.2) is 0 Å². The quantitative estimate of drug-likeness (QED) is 0.827. The average Bonchev–Trinajstić information content (AvgIpc) is 2.28. The largest absolute Gasteiger partial charge is 0.330 e. The van der Waals surface area contributed by atoms with Gasteiger partial charge in [0.1, 0.15) is 0 Å². The Morgan fingerprint density at radius 3 is 1.76 bits per heavy atom. The van der Waals surface area contributed by atoms with Gasteiger partial charge in [0, 0.05) is 0 Å². The highest BCUT2D eigenvalue weighted by molar-refractivity contribution is 6.48. The zero-order chi connectivity index (χ0) is 13.2. The Labute approximate surface area is 121 Å². The molecule has 1 atom stereocenters. The molecule has 0 aliphatic heterocycles. The minimum atomic E-state index is 0.00111. The molecule has 0 radical (unpaired) electrons. The predicted octanol–water partition coefficient (Wildman–Crippen LogP) is 3.94. The van der Waals surface area contributed by atoms with E-state index in [9.17, 15) is 0 Å². The molecule has 0 saturated carbocycles. The first-order valence-corrected chi connectivity index (χ1v) is 6.68. The van der Waals surface area contributed by atoms with E-state index in [1.807, 2.05) is 6.92 Å². The van der Waals surface area contributed by atoms with Crippen LogP contribution >= 0.6 is 46.4 Å². The molecule has 1 aromatic rings. The first kappa shape index (κ1) is 15.4. The minimum absolute atomic E-state index is 0.00111. The highest BCUT2D eigenvalue weighted by Gasteiger charge is 2.24. The molecule has 0 aromatic heterocycles. The van der Waals surface area contributed by atoms with E-state index >= 15 is 0 Å². The Morgan fingerprint density at radius 2 is 1.41 bits per heavy atom. The fourth-order valence-electron chi connectivity index (χ4n) is 1.73. The topological polar surface area (TPSA) is 52.0 Å². The summed E-state index contributed by atoms with van der Waals surface area (Å²) < 4.78 is 0. The van der Waals surface area contributed by atoms with Gasteiger partial charge in [0.05, 0.1) is 20.1 Å². The maximum Gasteiger partial charge on any atom is 0.0643 e. The third-order valence-corrected chi connectivity index (χ3v) is 4.52. The van der Waals surface area contributed by atoms with Gasteiger partial charge in [0.25, 0.3) is 0 Å². The number of hydrogen-bond donors (Lipinski definition) is 2. The summed E-state index contributed by atoms with van der Waals surface area (Å²) in [5.74, 6) is 0.0840.